The van der Waals surface area contributed by atoms with Gasteiger partial charge < -0.3 is 9.88 Å². The number of rotatable bonds is 4. The van der Waals surface area contributed by atoms with Crippen molar-refractivity contribution in [1.82, 2.24) is 39.6 Å². The number of hydrogen-bond donors (Lipinski definition) is 1. The van der Waals surface area contributed by atoms with Gasteiger partial charge in [0.25, 0.3) is 5.91 Å². The summed E-state index contributed by atoms with van der Waals surface area (Å²) < 4.78 is 3.42. The van der Waals surface area contributed by atoms with Crippen LogP contribution in [0, 0.1) is 6.92 Å². The number of nitrogens with one attached hydrogen (secondary N) is 1. The molecular weight excluding hydrogens is 332 g/mol. The summed E-state index contributed by atoms with van der Waals surface area (Å²) in [5.41, 5.74) is 2.59. The van der Waals surface area contributed by atoms with E-state index in [2.05, 4.69) is 30.4 Å². The van der Waals surface area contributed by atoms with Gasteiger partial charge in [-0.2, -0.15) is 5.10 Å². The summed E-state index contributed by atoms with van der Waals surface area (Å²) in [4.78, 5) is 29.7. The lowest BCUT2D eigenvalue weighted by Gasteiger charge is -2.09. The van der Waals surface area contributed by atoms with Gasteiger partial charge in [0.2, 0.25) is 0 Å². The van der Waals surface area contributed by atoms with E-state index in [-0.39, 0.29) is 5.91 Å². The standard InChI is InChI=1S/C17H16N8O/c1-11-23-14-13(5-7-20-16(14)24(11)2)17(26)21-8-12-4-3-6-19-15(12)25-10-18-9-22-25/h3-7,9-10H,8H2,1-2H3,(H,21,26). The zero-order chi connectivity index (χ0) is 18.1. The fourth-order valence-corrected chi connectivity index (χ4v) is 2.73. The third-order valence-corrected chi connectivity index (χ3v) is 4.17. The molecule has 0 unspecified atom stereocenters. The molecule has 4 aromatic heterocycles. The number of imidazole rings is 1. The Bertz CT molecular complexity index is 1080. The molecule has 0 radical (unpaired) electrons. The van der Waals surface area contributed by atoms with Gasteiger partial charge in [0.1, 0.15) is 24.0 Å². The highest BCUT2D eigenvalue weighted by atomic mass is 16.1. The predicted molar refractivity (Wildman–Crippen MR) is 93.6 cm³/mol. The molecule has 0 aromatic carbocycles. The number of aryl methyl sites for hydroxylation is 2. The fraction of sp³-hybridized carbons (Fsp3) is 0.176. The summed E-state index contributed by atoms with van der Waals surface area (Å²) >= 11 is 0. The Morgan fingerprint density at radius 1 is 1.23 bits per heavy atom. The second-order valence-corrected chi connectivity index (χ2v) is 5.76. The Balaban J connectivity index is 1.60. The maximum absolute atomic E-state index is 12.7. The van der Waals surface area contributed by atoms with Crippen molar-refractivity contribution in [2.45, 2.75) is 13.5 Å². The molecule has 9 nitrogen and oxygen atoms in total. The Kier molecular flexibility index (Phi) is 3.88. The Hall–Kier alpha value is -3.62. The number of amides is 1. The van der Waals surface area contributed by atoms with Crippen LogP contribution in [0.2, 0.25) is 0 Å². The number of carbonyl (C=O) groups excluding carboxylic acids is 1. The Morgan fingerprint density at radius 2 is 2.12 bits per heavy atom. The monoisotopic (exact) mass is 348 g/mol. The van der Waals surface area contributed by atoms with Crippen LogP contribution in [-0.4, -0.2) is 40.2 Å². The maximum Gasteiger partial charge on any atom is 0.253 e. The molecule has 4 aromatic rings. The molecule has 0 saturated carbocycles. The zero-order valence-electron chi connectivity index (χ0n) is 14.3. The fourth-order valence-electron chi connectivity index (χ4n) is 2.73. The van der Waals surface area contributed by atoms with Crippen molar-refractivity contribution in [3.05, 3.63) is 60.2 Å². The minimum atomic E-state index is -0.219. The van der Waals surface area contributed by atoms with E-state index in [9.17, 15) is 4.79 Å². The molecule has 26 heavy (non-hydrogen) atoms. The van der Waals surface area contributed by atoms with E-state index in [4.69, 9.17) is 0 Å². The van der Waals surface area contributed by atoms with Gasteiger partial charge in [0.05, 0.1) is 5.56 Å². The zero-order valence-corrected chi connectivity index (χ0v) is 14.3. The number of nitrogens with zero attached hydrogens (tertiary/aromatic N) is 7. The molecule has 0 atom stereocenters. The van der Waals surface area contributed by atoms with Gasteiger partial charge in [-0.1, -0.05) is 6.07 Å². The van der Waals surface area contributed by atoms with Crippen molar-refractivity contribution in [2.75, 3.05) is 0 Å². The summed E-state index contributed by atoms with van der Waals surface area (Å²) in [6.07, 6.45) is 6.29. The van der Waals surface area contributed by atoms with Gasteiger partial charge in [-0.3, -0.25) is 4.79 Å². The second kappa shape index (κ2) is 6.36. The van der Waals surface area contributed by atoms with Crippen LogP contribution in [-0.2, 0) is 13.6 Å². The first-order valence-electron chi connectivity index (χ1n) is 8.00. The van der Waals surface area contributed by atoms with Gasteiger partial charge >= 0.3 is 0 Å². The molecule has 4 heterocycles. The molecule has 130 valence electrons. The molecule has 0 fully saturated rings. The molecule has 9 heteroatoms. The average molecular weight is 348 g/mol. The van der Waals surface area contributed by atoms with Crippen LogP contribution in [0.15, 0.2) is 43.2 Å². The normalized spacial score (nSPS) is 11.0. The molecule has 0 spiro atoms. The first-order chi connectivity index (χ1) is 12.6. The van der Waals surface area contributed by atoms with Crippen molar-refractivity contribution in [1.29, 1.82) is 0 Å². The molecular formula is C17H16N8O. The largest absolute Gasteiger partial charge is 0.348 e. The van der Waals surface area contributed by atoms with Gasteiger partial charge in [0, 0.05) is 31.5 Å². The van der Waals surface area contributed by atoms with E-state index in [1.54, 1.807) is 29.5 Å². The highest BCUT2D eigenvalue weighted by Crippen LogP contribution is 2.17. The van der Waals surface area contributed by atoms with Gasteiger partial charge in [-0.25, -0.2) is 24.6 Å². The first-order valence-corrected chi connectivity index (χ1v) is 8.00. The molecule has 4 rings (SSSR count). The van der Waals surface area contributed by atoms with Crippen molar-refractivity contribution in [2.24, 2.45) is 7.05 Å². The minimum Gasteiger partial charge on any atom is -0.348 e. The van der Waals surface area contributed by atoms with Crippen LogP contribution in [0.3, 0.4) is 0 Å². The second-order valence-electron chi connectivity index (χ2n) is 5.76. The van der Waals surface area contributed by atoms with Crippen LogP contribution in [0.25, 0.3) is 17.0 Å². The van der Waals surface area contributed by atoms with Crippen LogP contribution in [0.4, 0.5) is 0 Å². The first kappa shape index (κ1) is 15.9. The van der Waals surface area contributed by atoms with Crippen LogP contribution < -0.4 is 5.32 Å². The summed E-state index contributed by atoms with van der Waals surface area (Å²) in [7, 11) is 1.87. The van der Waals surface area contributed by atoms with Crippen molar-refractivity contribution in [3.8, 4) is 5.82 Å². The highest BCUT2D eigenvalue weighted by molar-refractivity contribution is 6.04. The quantitative estimate of drug-likeness (QED) is 0.594. The number of fused-ring (bicyclic) bond motifs is 1. The number of pyridine rings is 2. The van der Waals surface area contributed by atoms with E-state index >= 15 is 0 Å². The molecule has 0 aliphatic heterocycles. The molecule has 0 bridgehead atoms. The highest BCUT2D eigenvalue weighted by Gasteiger charge is 2.16. The lowest BCUT2D eigenvalue weighted by Crippen LogP contribution is -2.24. The van der Waals surface area contributed by atoms with Crippen molar-refractivity contribution < 1.29 is 4.79 Å². The number of hydrogen-bond acceptors (Lipinski definition) is 6. The van der Waals surface area contributed by atoms with Gasteiger partial charge in [-0.15, -0.1) is 0 Å². The van der Waals surface area contributed by atoms with Crippen LogP contribution >= 0.6 is 0 Å². The maximum atomic E-state index is 12.7. The van der Waals surface area contributed by atoms with Gasteiger partial charge in [-0.05, 0) is 19.1 Å². The molecule has 0 saturated heterocycles. The summed E-state index contributed by atoms with van der Waals surface area (Å²) in [6, 6.07) is 5.37. The Morgan fingerprint density at radius 3 is 2.92 bits per heavy atom. The summed E-state index contributed by atoms with van der Waals surface area (Å²) in [6.45, 7) is 2.18. The van der Waals surface area contributed by atoms with E-state index in [0.717, 1.165) is 11.4 Å². The number of aromatic nitrogens is 7. The summed E-state index contributed by atoms with van der Waals surface area (Å²) in [5, 5.41) is 7.02. The third kappa shape index (κ3) is 2.69. The average Bonchev–Trinajstić information content (AvgIpc) is 3.29. The van der Waals surface area contributed by atoms with Crippen molar-refractivity contribution in [3.63, 3.8) is 0 Å². The lowest BCUT2D eigenvalue weighted by atomic mass is 10.2. The molecule has 0 aliphatic carbocycles. The predicted octanol–water partition coefficient (Wildman–Crippen LogP) is 1.18. The number of carbonyl (C=O) groups is 1. The van der Waals surface area contributed by atoms with E-state index in [1.165, 1.54) is 6.33 Å². The smallest absolute Gasteiger partial charge is 0.253 e. The van der Waals surface area contributed by atoms with Crippen molar-refractivity contribution >= 4 is 17.1 Å². The SMILES string of the molecule is Cc1nc2c(C(=O)NCc3cccnc3-n3cncn3)ccnc2n1C. The van der Waals surface area contributed by atoms with Crippen LogP contribution in [0.5, 0.6) is 0 Å². The van der Waals surface area contributed by atoms with Crippen LogP contribution in [0.1, 0.15) is 21.7 Å². The molecule has 1 N–H and O–H groups in total. The topological polar surface area (TPSA) is 103 Å². The molecule has 1 amide bonds. The Labute approximate surface area is 148 Å². The summed E-state index contributed by atoms with van der Waals surface area (Å²) in [5.74, 6) is 1.20. The van der Waals surface area contributed by atoms with Gasteiger partial charge in [0.15, 0.2) is 11.5 Å². The lowest BCUT2D eigenvalue weighted by molar-refractivity contribution is 0.0952. The minimum absolute atomic E-state index is 0.219. The van der Waals surface area contributed by atoms with E-state index in [0.29, 0.717) is 29.1 Å². The third-order valence-electron chi connectivity index (χ3n) is 4.17. The van der Waals surface area contributed by atoms with E-state index < -0.39 is 0 Å². The molecule has 0 aliphatic rings. The van der Waals surface area contributed by atoms with E-state index in [1.807, 2.05) is 30.7 Å².